The van der Waals surface area contributed by atoms with Crippen LogP contribution < -0.4 is 0 Å². The van der Waals surface area contributed by atoms with Crippen LogP contribution in [0.1, 0.15) is 18.4 Å². The summed E-state index contributed by atoms with van der Waals surface area (Å²) in [4.78, 5) is 12.3. The van der Waals surface area contributed by atoms with Crippen molar-refractivity contribution in [3.63, 3.8) is 0 Å². The van der Waals surface area contributed by atoms with E-state index in [1.165, 1.54) is 4.90 Å². The van der Waals surface area contributed by atoms with Gasteiger partial charge in [-0.05, 0) is 41.7 Å². The first kappa shape index (κ1) is 15.8. The third kappa shape index (κ3) is 3.33. The van der Waals surface area contributed by atoms with Crippen molar-refractivity contribution >= 4 is 17.7 Å². The minimum absolute atomic E-state index is 0.352. The highest BCUT2D eigenvalue weighted by Gasteiger charge is 2.35. The number of benzene rings is 2. The molecule has 0 aromatic heterocycles. The molecule has 0 spiro atoms. The van der Waals surface area contributed by atoms with Gasteiger partial charge in [0, 0.05) is 18.1 Å². The quantitative estimate of drug-likeness (QED) is 0.875. The number of rotatable bonds is 2. The minimum Gasteiger partial charge on any atom is -0.465 e. The van der Waals surface area contributed by atoms with E-state index in [1.54, 1.807) is 0 Å². The lowest BCUT2D eigenvalue weighted by Crippen LogP contribution is -2.44. The Labute approximate surface area is 139 Å². The zero-order valence-electron chi connectivity index (χ0n) is 12.6. The summed E-state index contributed by atoms with van der Waals surface area (Å²) in [6.45, 7) is 0.704. The highest BCUT2D eigenvalue weighted by atomic mass is 35.5. The topological polar surface area (TPSA) is 60.8 Å². The molecule has 2 N–H and O–H groups in total. The number of amides is 1. The van der Waals surface area contributed by atoms with Crippen molar-refractivity contribution < 1.29 is 15.0 Å². The first-order chi connectivity index (χ1) is 11.0. The average molecular weight is 332 g/mol. The van der Waals surface area contributed by atoms with E-state index in [4.69, 9.17) is 16.7 Å². The Balaban J connectivity index is 1.77. The summed E-state index contributed by atoms with van der Waals surface area (Å²) < 4.78 is 0. The molecule has 3 rings (SSSR count). The molecule has 0 bridgehead atoms. The van der Waals surface area contributed by atoms with Crippen LogP contribution in [-0.4, -0.2) is 34.3 Å². The largest absolute Gasteiger partial charge is 0.465 e. The Morgan fingerprint density at radius 1 is 0.957 bits per heavy atom. The van der Waals surface area contributed by atoms with E-state index in [-0.39, 0.29) is 0 Å². The van der Waals surface area contributed by atoms with Crippen LogP contribution in [-0.2, 0) is 5.60 Å². The van der Waals surface area contributed by atoms with Gasteiger partial charge in [0.05, 0.1) is 5.60 Å². The summed E-state index contributed by atoms with van der Waals surface area (Å²) in [6.07, 6.45) is -0.0933. The van der Waals surface area contributed by atoms with E-state index >= 15 is 0 Å². The number of likely N-dealkylation sites (tertiary alicyclic amines) is 1. The molecule has 4 nitrogen and oxygen atoms in total. The van der Waals surface area contributed by atoms with Crippen LogP contribution in [0.2, 0.25) is 5.02 Å². The molecule has 120 valence electrons. The summed E-state index contributed by atoms with van der Waals surface area (Å²) >= 11 is 5.90. The van der Waals surface area contributed by atoms with Crippen molar-refractivity contribution in [3.05, 3.63) is 59.1 Å². The van der Waals surface area contributed by atoms with Gasteiger partial charge in [-0.25, -0.2) is 4.79 Å². The van der Waals surface area contributed by atoms with Gasteiger partial charge in [0.1, 0.15) is 0 Å². The molecule has 23 heavy (non-hydrogen) atoms. The van der Waals surface area contributed by atoms with Crippen molar-refractivity contribution in [3.8, 4) is 11.1 Å². The zero-order chi connectivity index (χ0) is 16.4. The first-order valence-electron chi connectivity index (χ1n) is 7.55. The summed E-state index contributed by atoms with van der Waals surface area (Å²) in [7, 11) is 0. The van der Waals surface area contributed by atoms with Gasteiger partial charge in [-0.1, -0.05) is 48.0 Å². The van der Waals surface area contributed by atoms with Crippen LogP contribution in [0, 0.1) is 0 Å². The molecule has 0 unspecified atom stereocenters. The number of hydrogen-bond donors (Lipinski definition) is 2. The number of piperidine rings is 1. The predicted octanol–water partition coefficient (Wildman–Crippen LogP) is 3.97. The summed E-state index contributed by atoms with van der Waals surface area (Å²) in [5.74, 6) is 0. The van der Waals surface area contributed by atoms with Crippen LogP contribution in [0.3, 0.4) is 0 Å². The summed E-state index contributed by atoms with van der Waals surface area (Å²) in [6, 6.07) is 15.4. The predicted molar refractivity (Wildman–Crippen MR) is 89.6 cm³/mol. The third-order valence-corrected chi connectivity index (χ3v) is 4.71. The van der Waals surface area contributed by atoms with E-state index in [0.717, 1.165) is 16.7 Å². The van der Waals surface area contributed by atoms with Crippen molar-refractivity contribution in [2.45, 2.75) is 18.4 Å². The Hall–Kier alpha value is -2.04. The van der Waals surface area contributed by atoms with Crippen molar-refractivity contribution in [1.29, 1.82) is 0 Å². The number of aliphatic hydroxyl groups is 1. The maximum absolute atomic E-state index is 11.0. The zero-order valence-corrected chi connectivity index (χ0v) is 13.3. The van der Waals surface area contributed by atoms with Crippen molar-refractivity contribution in [2.24, 2.45) is 0 Å². The normalized spacial score (nSPS) is 17.0. The van der Waals surface area contributed by atoms with Gasteiger partial charge in [-0.15, -0.1) is 0 Å². The van der Waals surface area contributed by atoms with Gasteiger partial charge in [0.2, 0.25) is 0 Å². The molecule has 0 atom stereocenters. The fraction of sp³-hybridized carbons (Fsp3) is 0.278. The van der Waals surface area contributed by atoms with Crippen LogP contribution in [0.15, 0.2) is 48.5 Å². The highest BCUT2D eigenvalue weighted by molar-refractivity contribution is 6.30. The lowest BCUT2D eigenvalue weighted by atomic mass is 9.84. The Kier molecular flexibility index (Phi) is 4.28. The molecule has 1 fully saturated rings. The molecule has 2 aromatic carbocycles. The van der Waals surface area contributed by atoms with Crippen molar-refractivity contribution in [2.75, 3.05) is 13.1 Å². The second-order valence-electron chi connectivity index (χ2n) is 5.89. The van der Waals surface area contributed by atoms with Gasteiger partial charge in [-0.2, -0.15) is 0 Å². The number of hydrogen-bond acceptors (Lipinski definition) is 2. The molecule has 1 saturated heterocycles. The first-order valence-corrected chi connectivity index (χ1v) is 7.92. The van der Waals surface area contributed by atoms with Crippen LogP contribution in [0.4, 0.5) is 4.79 Å². The molecule has 5 heteroatoms. The second-order valence-corrected chi connectivity index (χ2v) is 6.32. The fourth-order valence-electron chi connectivity index (χ4n) is 2.97. The Bertz CT molecular complexity index is 689. The smallest absolute Gasteiger partial charge is 0.407 e. The third-order valence-electron chi connectivity index (χ3n) is 4.46. The molecular formula is C18H18ClNO3. The molecule has 0 saturated carbocycles. The minimum atomic E-state index is -0.954. The summed E-state index contributed by atoms with van der Waals surface area (Å²) in [5.41, 5.74) is 2.00. The number of carbonyl (C=O) groups is 1. The Morgan fingerprint density at radius 3 is 1.91 bits per heavy atom. The van der Waals surface area contributed by atoms with Gasteiger partial charge >= 0.3 is 6.09 Å². The molecule has 2 aromatic rings. The van der Waals surface area contributed by atoms with E-state index in [0.29, 0.717) is 31.0 Å². The lowest BCUT2D eigenvalue weighted by molar-refractivity contribution is -0.0213. The lowest BCUT2D eigenvalue weighted by Gasteiger charge is -2.37. The molecule has 0 aliphatic carbocycles. The maximum atomic E-state index is 11.0. The molecule has 1 heterocycles. The van der Waals surface area contributed by atoms with Gasteiger partial charge in [0.15, 0.2) is 0 Å². The second kappa shape index (κ2) is 6.22. The van der Waals surface area contributed by atoms with Crippen LogP contribution in [0.25, 0.3) is 11.1 Å². The summed E-state index contributed by atoms with van der Waals surface area (Å²) in [5, 5.41) is 20.5. The van der Waals surface area contributed by atoms with Crippen LogP contribution >= 0.6 is 11.6 Å². The number of halogens is 1. The van der Waals surface area contributed by atoms with Gasteiger partial charge in [0.25, 0.3) is 0 Å². The van der Waals surface area contributed by atoms with E-state index < -0.39 is 11.7 Å². The van der Waals surface area contributed by atoms with Crippen molar-refractivity contribution in [1.82, 2.24) is 4.90 Å². The molecular weight excluding hydrogens is 314 g/mol. The molecule has 0 radical (unpaired) electrons. The fourth-order valence-corrected chi connectivity index (χ4v) is 3.10. The molecule has 1 aliphatic heterocycles. The van der Waals surface area contributed by atoms with Gasteiger partial charge in [-0.3, -0.25) is 0 Å². The standard InChI is InChI=1S/C18H18ClNO3/c19-16-7-3-14(4-8-16)13-1-5-15(6-2-13)18(23)9-11-20(12-10-18)17(21)22/h1-8,23H,9-12H2,(H,21,22). The van der Waals surface area contributed by atoms with E-state index in [2.05, 4.69) is 0 Å². The van der Waals surface area contributed by atoms with E-state index in [1.807, 2.05) is 48.5 Å². The monoisotopic (exact) mass is 331 g/mol. The number of nitrogens with zero attached hydrogens (tertiary/aromatic N) is 1. The van der Waals surface area contributed by atoms with Gasteiger partial charge < -0.3 is 15.1 Å². The molecule has 1 amide bonds. The Morgan fingerprint density at radius 2 is 1.43 bits per heavy atom. The molecule has 1 aliphatic rings. The SMILES string of the molecule is O=C(O)N1CCC(O)(c2ccc(-c3ccc(Cl)cc3)cc2)CC1. The van der Waals surface area contributed by atoms with E-state index in [9.17, 15) is 9.90 Å². The van der Waals surface area contributed by atoms with Crippen LogP contribution in [0.5, 0.6) is 0 Å². The highest BCUT2D eigenvalue weighted by Crippen LogP contribution is 2.34. The average Bonchev–Trinajstić information content (AvgIpc) is 2.56. The number of carboxylic acid groups (broad SMARTS) is 1. The maximum Gasteiger partial charge on any atom is 0.407 e.